The fourth-order valence-electron chi connectivity index (χ4n) is 5.31. The molecule has 5 aromatic rings. The van der Waals surface area contributed by atoms with Crippen molar-refractivity contribution in [3.05, 3.63) is 90.0 Å². The molecule has 4 N–H and O–H groups in total. The number of hydrazone groups is 1. The van der Waals surface area contributed by atoms with Crippen LogP contribution >= 0.6 is 16.4 Å². The van der Waals surface area contributed by atoms with Gasteiger partial charge < -0.3 is 38.7 Å². The minimum Gasteiger partial charge on any atom is -0.776 e. The summed E-state index contributed by atoms with van der Waals surface area (Å²) in [6.45, 7) is 1.20. The number of nitrogens with one attached hydrogen (secondary N) is 1. The van der Waals surface area contributed by atoms with E-state index in [4.69, 9.17) is 14.4 Å². The van der Waals surface area contributed by atoms with Crippen LogP contribution in [0.1, 0.15) is 24.0 Å². The van der Waals surface area contributed by atoms with Gasteiger partial charge in [-0.2, -0.15) is 5.10 Å². The van der Waals surface area contributed by atoms with Gasteiger partial charge in [-0.15, -0.1) is 0 Å². The molecule has 47 heavy (non-hydrogen) atoms. The van der Waals surface area contributed by atoms with E-state index in [1.54, 1.807) is 30.1 Å². The molecule has 0 saturated heterocycles. The van der Waals surface area contributed by atoms with Crippen molar-refractivity contribution in [3.8, 4) is 5.75 Å². The molecule has 0 aromatic heterocycles. The van der Waals surface area contributed by atoms with Gasteiger partial charge in [-0.3, -0.25) is 4.79 Å². The molecule has 0 aliphatic heterocycles. The van der Waals surface area contributed by atoms with Gasteiger partial charge in [-0.25, -0.2) is 5.43 Å². The zero-order valence-electron chi connectivity index (χ0n) is 26.3. The molecule has 14 heteroatoms. The molecule has 0 aliphatic rings. The molecule has 1 amide bonds. The predicted octanol–water partition coefficient (Wildman–Crippen LogP) is 1.12. The molecule has 242 valence electrons. The summed E-state index contributed by atoms with van der Waals surface area (Å²) in [6.07, 6.45) is 1.80. The molecule has 3 unspecified atom stereocenters. The van der Waals surface area contributed by atoms with Crippen LogP contribution in [0.2, 0.25) is 0 Å². The van der Waals surface area contributed by atoms with Crippen LogP contribution in [0.3, 0.4) is 0 Å². The second-order valence-corrected chi connectivity index (χ2v) is 14.4. The van der Waals surface area contributed by atoms with Gasteiger partial charge in [0, 0.05) is 19.5 Å². The zero-order valence-corrected chi connectivity index (χ0v) is 30.2. The summed E-state index contributed by atoms with van der Waals surface area (Å²) < 4.78 is 22.9. The summed E-state index contributed by atoms with van der Waals surface area (Å²) in [4.78, 5) is 43.8. The van der Waals surface area contributed by atoms with E-state index in [9.17, 15) is 24.3 Å². The number of carbonyl (C=O) groups excluding carboxylic acids is 1. The third-order valence-electron chi connectivity index (χ3n) is 7.81. The first kappa shape index (κ1) is 37.3. The number of amides is 1. The maximum atomic E-state index is 12.4. The Kier molecular flexibility index (Phi) is 13.3. The second kappa shape index (κ2) is 16.7. The Labute approximate surface area is 296 Å². The average molecular weight is 688 g/mol. The first-order valence-corrected chi connectivity index (χ1v) is 17.2. The van der Waals surface area contributed by atoms with E-state index in [1.165, 1.54) is 33.1 Å². The Bertz CT molecular complexity index is 1870. The van der Waals surface area contributed by atoms with Crippen molar-refractivity contribution in [1.82, 2.24) is 10.3 Å². The Morgan fingerprint density at radius 2 is 1.72 bits per heavy atom. The van der Waals surface area contributed by atoms with Gasteiger partial charge in [-0.05, 0) is 69.0 Å². The molecule has 0 radical (unpaired) electrons. The van der Waals surface area contributed by atoms with Crippen LogP contribution in [-0.4, -0.2) is 70.3 Å². The fraction of sp³-hybridized carbons (Fsp3) is 0.273. The van der Waals surface area contributed by atoms with Crippen molar-refractivity contribution in [2.24, 2.45) is 5.10 Å². The summed E-state index contributed by atoms with van der Waals surface area (Å²) in [5, 5.41) is 18.6. The summed E-state index contributed by atoms with van der Waals surface area (Å²) >= 11 is 0. The summed E-state index contributed by atoms with van der Waals surface area (Å²) in [7, 11) is -4.70. The molecule has 0 aliphatic carbocycles. The van der Waals surface area contributed by atoms with Gasteiger partial charge in [0.15, 0.2) is 12.7 Å². The normalized spacial score (nSPS) is 14.7. The molecule has 5 aromatic carbocycles. The van der Waals surface area contributed by atoms with Gasteiger partial charge in [0.05, 0.1) is 28.2 Å². The molecule has 0 bridgehead atoms. The molecule has 5 rings (SSSR count). The van der Waals surface area contributed by atoms with Crippen LogP contribution in [0.5, 0.6) is 5.75 Å². The SMILES string of the molecule is CN(CCCOc1cccc(/C=N/NC(=O)COCc2ccc3ccc4cccc5ccc2c3c45)c1)CCC(O)(PO)P(=O)([O-])O.[Na+]. The first-order valence-electron chi connectivity index (χ1n) is 14.7. The standard InChI is InChI=1S/C33H37N3O8P2.Na/c1-36(17-15-33(38,45-39)46(40,41)42)16-4-18-44-28-8-2-5-23(19-28)20-34-35-30(37)22-43-21-27-12-11-26-10-9-24-6-3-7-25-13-14-29(27)32(26)31(24)25;/h2-3,5-14,19-20,38-39,45H,4,15-18,21-22H2,1H3,(H,35,37)(H2,40,41,42);/q;+1/p-1/b34-20+;. The van der Waals surface area contributed by atoms with Gasteiger partial charge in [0.2, 0.25) is 0 Å². The van der Waals surface area contributed by atoms with Crippen molar-refractivity contribution < 1.29 is 68.2 Å². The molecule has 0 saturated carbocycles. The van der Waals surface area contributed by atoms with E-state index >= 15 is 0 Å². The summed E-state index contributed by atoms with van der Waals surface area (Å²) in [6, 6.07) is 26.1. The van der Waals surface area contributed by atoms with E-state index in [0.717, 1.165) is 16.5 Å². The number of nitrogens with zero attached hydrogens (tertiary/aromatic N) is 2. The minimum atomic E-state index is -5.09. The van der Waals surface area contributed by atoms with Crippen molar-refractivity contribution >= 4 is 60.8 Å². The van der Waals surface area contributed by atoms with E-state index in [1.807, 2.05) is 12.1 Å². The first-order chi connectivity index (χ1) is 22.1. The van der Waals surface area contributed by atoms with Crippen molar-refractivity contribution in [2.75, 3.05) is 33.4 Å². The quantitative estimate of drug-likeness (QED) is 0.0297. The predicted molar refractivity (Wildman–Crippen MR) is 180 cm³/mol. The smallest absolute Gasteiger partial charge is 0.776 e. The van der Waals surface area contributed by atoms with Crippen molar-refractivity contribution in [1.29, 1.82) is 0 Å². The summed E-state index contributed by atoms with van der Waals surface area (Å²) in [5.74, 6) is 0.235. The van der Waals surface area contributed by atoms with Crippen LogP contribution in [0.4, 0.5) is 0 Å². The number of aliphatic hydroxyl groups is 1. The largest absolute Gasteiger partial charge is 1.00 e. The number of ether oxygens (including phenoxy) is 2. The van der Waals surface area contributed by atoms with Gasteiger partial charge in [0.1, 0.15) is 12.4 Å². The topological polar surface area (TPSA) is 164 Å². The summed E-state index contributed by atoms with van der Waals surface area (Å²) in [5.41, 5.74) is 4.22. The van der Waals surface area contributed by atoms with Gasteiger partial charge in [-0.1, -0.05) is 66.7 Å². The maximum absolute atomic E-state index is 12.4. The molecular weight excluding hydrogens is 651 g/mol. The Balaban J connectivity index is 0.00000500. The van der Waals surface area contributed by atoms with Crippen LogP contribution in [-0.2, 0) is 20.7 Å². The number of rotatable bonds is 16. The molecule has 11 nitrogen and oxygen atoms in total. The zero-order chi connectivity index (χ0) is 32.7. The number of hydrogen-bond donors (Lipinski definition) is 4. The molecular formula is C33H36N3NaO8P2. The molecule has 3 atom stereocenters. The monoisotopic (exact) mass is 687 g/mol. The molecule has 0 spiro atoms. The van der Waals surface area contributed by atoms with Gasteiger partial charge >= 0.3 is 29.6 Å². The third kappa shape index (κ3) is 9.35. The van der Waals surface area contributed by atoms with E-state index in [2.05, 4.69) is 59.1 Å². The van der Waals surface area contributed by atoms with Gasteiger partial charge in [0.25, 0.3) is 5.91 Å². The second-order valence-electron chi connectivity index (χ2n) is 11.1. The van der Waals surface area contributed by atoms with Crippen LogP contribution in [0.25, 0.3) is 32.3 Å². The van der Waals surface area contributed by atoms with Crippen molar-refractivity contribution in [3.63, 3.8) is 0 Å². The fourth-order valence-corrected chi connectivity index (χ4v) is 6.43. The maximum Gasteiger partial charge on any atom is 1.00 e. The minimum absolute atomic E-state index is 0. The third-order valence-corrected chi connectivity index (χ3v) is 10.7. The average Bonchev–Trinajstić information content (AvgIpc) is 3.04. The van der Waals surface area contributed by atoms with E-state index in [-0.39, 0.29) is 61.6 Å². The van der Waals surface area contributed by atoms with Crippen LogP contribution in [0.15, 0.2) is 84.0 Å². The van der Waals surface area contributed by atoms with Crippen molar-refractivity contribution in [2.45, 2.75) is 24.5 Å². The number of hydrogen-bond acceptors (Lipinski definition) is 9. The Morgan fingerprint density at radius 1 is 1.04 bits per heavy atom. The van der Waals surface area contributed by atoms with Crippen LogP contribution < -0.4 is 44.6 Å². The molecule has 0 heterocycles. The Morgan fingerprint density at radius 3 is 2.45 bits per heavy atom. The van der Waals surface area contributed by atoms with E-state index in [0.29, 0.717) is 25.3 Å². The number of carbonyl (C=O) groups is 1. The molecule has 0 fully saturated rings. The Hall–Kier alpha value is -2.50. The van der Waals surface area contributed by atoms with Crippen LogP contribution in [0, 0.1) is 0 Å². The van der Waals surface area contributed by atoms with E-state index < -0.39 is 21.5 Å². The number of benzene rings is 5.